The van der Waals surface area contributed by atoms with Crippen molar-refractivity contribution in [3.05, 3.63) is 0 Å². The molecule has 0 spiro atoms. The van der Waals surface area contributed by atoms with Gasteiger partial charge in [0.05, 0.1) is 7.59 Å². The Morgan fingerprint density at radius 1 is 1.08 bits per heavy atom. The summed E-state index contributed by atoms with van der Waals surface area (Å²) in [5.41, 5.74) is 0. The van der Waals surface area contributed by atoms with Crippen molar-refractivity contribution in [2.75, 3.05) is 11.9 Å². The summed E-state index contributed by atoms with van der Waals surface area (Å²) in [5.74, 6) is 0. The Balaban J connectivity index is 3.88. The van der Waals surface area contributed by atoms with Crippen molar-refractivity contribution in [2.45, 2.75) is 39.2 Å². The summed E-state index contributed by atoms with van der Waals surface area (Å²) in [6.07, 6.45) is 1.14. The first-order valence-electron chi connectivity index (χ1n) is 4.51. The molecule has 0 heterocycles. The molecule has 0 N–H and O–H groups in total. The van der Waals surface area contributed by atoms with E-state index in [1.165, 1.54) is 0 Å². The van der Waals surface area contributed by atoms with Crippen molar-refractivity contribution in [2.24, 2.45) is 0 Å². The van der Waals surface area contributed by atoms with Gasteiger partial charge in [-0.25, -0.2) is 0 Å². The van der Waals surface area contributed by atoms with Gasteiger partial charge in [-0.1, -0.05) is 35.6 Å². The molecule has 0 rings (SSSR count). The van der Waals surface area contributed by atoms with Gasteiger partial charge in [-0.3, -0.25) is 0 Å². The predicted molar refractivity (Wildman–Crippen MR) is 65.2 cm³/mol. The van der Waals surface area contributed by atoms with Gasteiger partial charge in [0, 0.05) is 11.9 Å². The molecule has 0 saturated heterocycles. The second-order valence-corrected chi connectivity index (χ2v) is 21.4. The van der Waals surface area contributed by atoms with Crippen molar-refractivity contribution in [3.8, 4) is 0 Å². The molecule has 1 nitrogen and oxygen atoms in total. The van der Waals surface area contributed by atoms with Crippen molar-refractivity contribution < 1.29 is 4.43 Å². The monoisotopic (exact) mass is 268 g/mol. The molecule has 0 aromatic heterocycles. The minimum atomic E-state index is -1.32. The summed E-state index contributed by atoms with van der Waals surface area (Å²) >= 11 is 3.41. The quantitative estimate of drug-likeness (QED) is 0.422. The van der Waals surface area contributed by atoms with Crippen molar-refractivity contribution in [1.29, 1.82) is 0 Å². The summed E-state index contributed by atoms with van der Waals surface area (Å²) < 4.78 is 6.00. The minimum absolute atomic E-state index is 0.939. The Morgan fingerprint density at radius 2 is 1.58 bits per heavy atom. The average Bonchev–Trinajstić information content (AvgIpc) is 1.85. The largest absolute Gasteiger partial charge is 0.420 e. The van der Waals surface area contributed by atoms with Crippen molar-refractivity contribution in [3.63, 3.8) is 0 Å². The highest BCUT2D eigenvalue weighted by Gasteiger charge is 2.38. The molecule has 0 atom stereocenters. The van der Waals surface area contributed by atoms with Crippen LogP contribution in [0.3, 0.4) is 0 Å². The standard InChI is InChI=1S/C8H21BrOSi2/c1-11(2,3)12(4,5)10-8-6-7-9/h6-8H2,1-5H3. The summed E-state index contributed by atoms with van der Waals surface area (Å²) in [7, 11) is -2.36. The van der Waals surface area contributed by atoms with Gasteiger partial charge < -0.3 is 4.43 Å². The van der Waals surface area contributed by atoms with E-state index in [-0.39, 0.29) is 0 Å². The maximum atomic E-state index is 6.00. The van der Waals surface area contributed by atoms with Gasteiger partial charge in [-0.15, -0.1) is 0 Å². The van der Waals surface area contributed by atoms with Gasteiger partial charge >= 0.3 is 0 Å². The fourth-order valence-electron chi connectivity index (χ4n) is 0.598. The molecule has 0 aromatic carbocycles. The molecular weight excluding hydrogens is 248 g/mol. The number of rotatable bonds is 5. The lowest BCUT2D eigenvalue weighted by molar-refractivity contribution is 0.319. The Labute approximate surface area is 86.9 Å². The molecule has 0 saturated carbocycles. The molecule has 0 bridgehead atoms. The van der Waals surface area contributed by atoms with E-state index in [1.807, 2.05) is 0 Å². The molecule has 12 heavy (non-hydrogen) atoms. The number of halogens is 1. The van der Waals surface area contributed by atoms with Gasteiger partial charge in [0.15, 0.2) is 7.83 Å². The van der Waals surface area contributed by atoms with Crippen LogP contribution in [-0.4, -0.2) is 27.4 Å². The molecule has 74 valence electrons. The molecule has 0 aromatic rings. The Hall–Kier alpha value is 0.874. The highest BCUT2D eigenvalue weighted by molar-refractivity contribution is 9.09. The van der Waals surface area contributed by atoms with Gasteiger partial charge in [0.25, 0.3) is 0 Å². The summed E-state index contributed by atoms with van der Waals surface area (Å²) in [6.45, 7) is 12.9. The molecule has 0 amide bonds. The molecule has 0 radical (unpaired) electrons. The lowest BCUT2D eigenvalue weighted by Crippen LogP contribution is -2.54. The third kappa shape index (κ3) is 4.21. The van der Waals surface area contributed by atoms with Crippen LogP contribution in [0.25, 0.3) is 0 Å². The first-order valence-corrected chi connectivity index (χ1v) is 13.0. The van der Waals surface area contributed by atoms with Crippen molar-refractivity contribution in [1.82, 2.24) is 0 Å². The van der Waals surface area contributed by atoms with E-state index in [2.05, 4.69) is 48.7 Å². The minimum Gasteiger partial charge on any atom is -0.420 e. The van der Waals surface area contributed by atoms with E-state index < -0.39 is 15.4 Å². The first-order chi connectivity index (χ1) is 5.31. The van der Waals surface area contributed by atoms with Crippen LogP contribution in [0, 0.1) is 0 Å². The van der Waals surface area contributed by atoms with Gasteiger partial charge in [-0.2, -0.15) is 0 Å². The van der Waals surface area contributed by atoms with Crippen LogP contribution in [0.2, 0.25) is 32.7 Å². The number of hydrogen-bond acceptors (Lipinski definition) is 1. The van der Waals surface area contributed by atoms with E-state index in [9.17, 15) is 0 Å². The van der Waals surface area contributed by atoms with E-state index >= 15 is 0 Å². The predicted octanol–water partition coefficient (Wildman–Crippen LogP) is 3.41. The lowest BCUT2D eigenvalue weighted by atomic mass is 10.5. The third-order valence-corrected chi connectivity index (χ3v) is 18.9. The van der Waals surface area contributed by atoms with E-state index in [0.29, 0.717) is 0 Å². The zero-order valence-corrected chi connectivity index (χ0v) is 12.5. The molecule has 0 fully saturated rings. The van der Waals surface area contributed by atoms with Crippen LogP contribution in [0.5, 0.6) is 0 Å². The van der Waals surface area contributed by atoms with Crippen LogP contribution in [-0.2, 0) is 4.43 Å². The second kappa shape index (κ2) is 4.93. The molecule has 0 aliphatic rings. The van der Waals surface area contributed by atoms with E-state index in [1.54, 1.807) is 0 Å². The SMILES string of the molecule is C[Si](C)(C)[Si](C)(C)OCCCBr. The highest BCUT2D eigenvalue weighted by atomic mass is 79.9. The third-order valence-electron chi connectivity index (χ3n) is 2.55. The lowest BCUT2D eigenvalue weighted by Gasteiger charge is -2.34. The zero-order chi connectivity index (χ0) is 9.83. The van der Waals surface area contributed by atoms with Crippen LogP contribution in [0.1, 0.15) is 6.42 Å². The Bertz CT molecular complexity index is 132. The summed E-state index contributed by atoms with van der Waals surface area (Å²) in [4.78, 5) is 0. The molecule has 0 aliphatic heterocycles. The highest BCUT2D eigenvalue weighted by Crippen LogP contribution is 2.19. The average molecular weight is 269 g/mol. The molecular formula is C8H21BrOSi2. The fraction of sp³-hybridized carbons (Fsp3) is 1.00. The van der Waals surface area contributed by atoms with E-state index in [0.717, 1.165) is 18.4 Å². The molecule has 0 unspecified atom stereocenters. The van der Waals surface area contributed by atoms with Crippen LogP contribution in [0.4, 0.5) is 0 Å². The fourth-order valence-corrected chi connectivity index (χ4v) is 3.52. The molecule has 0 aliphatic carbocycles. The zero-order valence-electron chi connectivity index (χ0n) is 8.91. The summed E-state index contributed by atoms with van der Waals surface area (Å²) in [5, 5.41) is 1.06. The maximum absolute atomic E-state index is 6.00. The topological polar surface area (TPSA) is 9.23 Å². The Morgan fingerprint density at radius 3 is 1.92 bits per heavy atom. The first kappa shape index (κ1) is 12.9. The second-order valence-electron chi connectivity index (χ2n) is 4.65. The van der Waals surface area contributed by atoms with Gasteiger partial charge in [0.1, 0.15) is 0 Å². The number of alkyl halides is 1. The van der Waals surface area contributed by atoms with E-state index in [4.69, 9.17) is 4.43 Å². The van der Waals surface area contributed by atoms with Crippen molar-refractivity contribution >= 4 is 31.4 Å². The number of hydrogen-bond donors (Lipinski definition) is 0. The summed E-state index contributed by atoms with van der Waals surface area (Å²) in [6, 6.07) is 0. The molecule has 4 heteroatoms. The van der Waals surface area contributed by atoms with Crippen LogP contribution >= 0.6 is 15.9 Å². The van der Waals surface area contributed by atoms with Crippen LogP contribution in [0.15, 0.2) is 0 Å². The van der Waals surface area contributed by atoms with Gasteiger partial charge in [0.2, 0.25) is 0 Å². The van der Waals surface area contributed by atoms with Crippen LogP contribution < -0.4 is 0 Å². The maximum Gasteiger partial charge on any atom is 0.173 e. The normalized spacial score (nSPS) is 13.5. The van der Waals surface area contributed by atoms with Gasteiger partial charge in [-0.05, 0) is 19.5 Å². The smallest absolute Gasteiger partial charge is 0.173 e. The Kier molecular flexibility index (Phi) is 5.29.